The molecule has 6 rings (SSSR count). The minimum absolute atomic E-state index is 0.104. The number of anilines is 1. The highest BCUT2D eigenvalue weighted by Gasteiger charge is 2.48. The fourth-order valence-corrected chi connectivity index (χ4v) is 5.30. The number of benzene rings is 4. The Labute approximate surface area is 230 Å². The van der Waals surface area contributed by atoms with Crippen molar-refractivity contribution in [2.24, 2.45) is 5.92 Å². The first kappa shape index (κ1) is 25.3. The van der Waals surface area contributed by atoms with Gasteiger partial charge in [-0.05, 0) is 53.6 Å². The van der Waals surface area contributed by atoms with Gasteiger partial charge in [-0.25, -0.2) is 13.9 Å². The predicted octanol–water partition coefficient (Wildman–Crippen LogP) is 6.18. The highest BCUT2D eigenvalue weighted by Crippen LogP contribution is 2.41. The SMILES string of the molecule is C[C@@H]1C(=O)N(c2ccc3c(cnn3-c3ccc(F)cc3)c2)C(c2ccccc2)[C@H]1NC(=O)OCc1ccccc1. The molecular formula is C32H27FN4O3. The second kappa shape index (κ2) is 10.6. The van der Waals surface area contributed by atoms with Crippen LogP contribution in [0.4, 0.5) is 14.9 Å². The van der Waals surface area contributed by atoms with E-state index >= 15 is 0 Å². The van der Waals surface area contributed by atoms with Crippen LogP contribution in [0.2, 0.25) is 0 Å². The maximum atomic E-state index is 13.7. The van der Waals surface area contributed by atoms with E-state index in [1.807, 2.05) is 85.8 Å². The van der Waals surface area contributed by atoms with Crippen molar-refractivity contribution >= 4 is 28.6 Å². The van der Waals surface area contributed by atoms with E-state index in [1.54, 1.807) is 27.9 Å². The van der Waals surface area contributed by atoms with Crippen molar-refractivity contribution in [1.82, 2.24) is 15.1 Å². The van der Waals surface area contributed by atoms with Gasteiger partial charge in [0.05, 0.1) is 35.4 Å². The van der Waals surface area contributed by atoms with Crippen molar-refractivity contribution in [3.8, 4) is 5.69 Å². The lowest BCUT2D eigenvalue weighted by Crippen LogP contribution is -2.42. The molecule has 1 aliphatic rings. The zero-order valence-corrected chi connectivity index (χ0v) is 21.8. The van der Waals surface area contributed by atoms with Crippen molar-refractivity contribution in [1.29, 1.82) is 0 Å². The molecule has 1 unspecified atom stereocenters. The van der Waals surface area contributed by atoms with Gasteiger partial charge in [-0.15, -0.1) is 0 Å². The Hall–Kier alpha value is -4.98. The van der Waals surface area contributed by atoms with E-state index in [-0.39, 0.29) is 18.3 Å². The van der Waals surface area contributed by atoms with Crippen LogP contribution in [0.15, 0.2) is 109 Å². The fourth-order valence-electron chi connectivity index (χ4n) is 5.30. The number of ether oxygens (including phenoxy) is 1. The number of nitrogens with zero attached hydrogens (tertiary/aromatic N) is 3. The summed E-state index contributed by atoms with van der Waals surface area (Å²) in [7, 11) is 0. The van der Waals surface area contributed by atoms with Crippen LogP contribution in [0.3, 0.4) is 0 Å². The first-order valence-corrected chi connectivity index (χ1v) is 13.1. The van der Waals surface area contributed by atoms with Gasteiger partial charge in [-0.2, -0.15) is 5.10 Å². The van der Waals surface area contributed by atoms with Gasteiger partial charge in [0.25, 0.3) is 0 Å². The number of carbonyl (C=O) groups excluding carboxylic acids is 2. The number of aromatic nitrogens is 2. The van der Waals surface area contributed by atoms with Gasteiger partial charge in [-0.1, -0.05) is 67.6 Å². The van der Waals surface area contributed by atoms with Gasteiger partial charge in [0.15, 0.2) is 0 Å². The molecule has 40 heavy (non-hydrogen) atoms. The maximum absolute atomic E-state index is 13.7. The highest BCUT2D eigenvalue weighted by molar-refractivity contribution is 6.01. The molecule has 0 aliphatic carbocycles. The molecule has 0 bridgehead atoms. The van der Waals surface area contributed by atoms with Crippen LogP contribution in [-0.2, 0) is 16.1 Å². The van der Waals surface area contributed by atoms with Crippen LogP contribution >= 0.6 is 0 Å². The average molecular weight is 535 g/mol. The van der Waals surface area contributed by atoms with Gasteiger partial charge in [0, 0.05) is 11.1 Å². The minimum Gasteiger partial charge on any atom is -0.445 e. The van der Waals surface area contributed by atoms with Gasteiger partial charge >= 0.3 is 6.09 Å². The number of carbonyl (C=O) groups is 2. The molecule has 0 radical (unpaired) electrons. The summed E-state index contributed by atoms with van der Waals surface area (Å²) in [6, 6.07) is 30.0. The van der Waals surface area contributed by atoms with Crippen LogP contribution in [0, 0.1) is 11.7 Å². The van der Waals surface area contributed by atoms with Crippen molar-refractivity contribution in [2.75, 3.05) is 4.90 Å². The number of hydrogen-bond acceptors (Lipinski definition) is 4. The molecule has 1 aromatic heterocycles. The molecule has 2 amide bonds. The predicted molar refractivity (Wildman–Crippen MR) is 150 cm³/mol. The monoisotopic (exact) mass is 534 g/mol. The summed E-state index contributed by atoms with van der Waals surface area (Å²) in [6.45, 7) is 1.96. The third kappa shape index (κ3) is 4.80. The van der Waals surface area contributed by atoms with Gasteiger partial charge < -0.3 is 15.0 Å². The second-order valence-electron chi connectivity index (χ2n) is 9.86. The summed E-state index contributed by atoms with van der Waals surface area (Å²) in [5.41, 5.74) is 4.03. The molecule has 5 aromatic rings. The van der Waals surface area contributed by atoms with Crippen molar-refractivity contribution in [3.05, 3.63) is 126 Å². The van der Waals surface area contributed by atoms with Gasteiger partial charge in [0.1, 0.15) is 12.4 Å². The number of rotatable bonds is 6. The summed E-state index contributed by atoms with van der Waals surface area (Å²) in [4.78, 5) is 28.4. The molecule has 1 aliphatic heterocycles. The Bertz CT molecular complexity index is 1650. The molecular weight excluding hydrogens is 507 g/mol. The molecule has 1 saturated heterocycles. The molecule has 200 valence electrons. The maximum Gasteiger partial charge on any atom is 0.407 e. The molecule has 0 saturated carbocycles. The van der Waals surface area contributed by atoms with E-state index in [2.05, 4.69) is 10.4 Å². The summed E-state index contributed by atoms with van der Waals surface area (Å²) in [5.74, 6) is -0.914. The van der Waals surface area contributed by atoms with Crippen molar-refractivity contribution in [2.45, 2.75) is 25.6 Å². The zero-order valence-electron chi connectivity index (χ0n) is 21.8. The third-order valence-corrected chi connectivity index (χ3v) is 7.32. The van der Waals surface area contributed by atoms with Crippen LogP contribution in [0.25, 0.3) is 16.6 Å². The lowest BCUT2D eigenvalue weighted by Gasteiger charge is -2.29. The largest absolute Gasteiger partial charge is 0.445 e. The number of halogens is 1. The van der Waals surface area contributed by atoms with Crippen LogP contribution in [0.1, 0.15) is 24.1 Å². The minimum atomic E-state index is -0.577. The van der Waals surface area contributed by atoms with Crippen LogP contribution < -0.4 is 10.2 Å². The molecule has 4 aromatic carbocycles. The van der Waals surface area contributed by atoms with E-state index < -0.39 is 24.1 Å². The molecule has 7 nitrogen and oxygen atoms in total. The number of nitrogens with one attached hydrogen (secondary N) is 1. The Morgan fingerprint density at radius 1 is 0.925 bits per heavy atom. The standard InChI is InChI=1S/C32H27FN4O3/c1-21-29(35-32(39)40-20-22-8-4-2-5-9-22)30(23-10-6-3-7-11-23)36(31(21)38)27-16-17-28-24(18-27)19-34-37(28)26-14-12-25(33)13-15-26/h2-19,21,29-30H,20H2,1H3,(H,35,39)/t21-,29-,30?/m0/s1. The van der Waals surface area contributed by atoms with Crippen molar-refractivity contribution in [3.63, 3.8) is 0 Å². The molecule has 1 fully saturated rings. The lowest BCUT2D eigenvalue weighted by atomic mass is 9.94. The first-order valence-electron chi connectivity index (χ1n) is 13.1. The van der Waals surface area contributed by atoms with Gasteiger partial charge in [-0.3, -0.25) is 4.79 Å². The Morgan fingerprint density at radius 2 is 1.60 bits per heavy atom. The number of hydrogen-bond donors (Lipinski definition) is 1. The molecule has 3 atom stereocenters. The Morgan fingerprint density at radius 3 is 2.33 bits per heavy atom. The van der Waals surface area contributed by atoms with E-state index in [4.69, 9.17) is 4.74 Å². The second-order valence-corrected chi connectivity index (χ2v) is 9.86. The molecule has 2 heterocycles. The topological polar surface area (TPSA) is 76.5 Å². The van der Waals surface area contributed by atoms with Crippen LogP contribution in [-0.4, -0.2) is 27.8 Å². The summed E-state index contributed by atoms with van der Waals surface area (Å²) < 4.78 is 20.7. The number of alkyl carbamates (subject to hydrolysis) is 1. The van der Waals surface area contributed by atoms with E-state index in [0.717, 1.165) is 27.7 Å². The van der Waals surface area contributed by atoms with Gasteiger partial charge in [0.2, 0.25) is 5.91 Å². The third-order valence-electron chi connectivity index (χ3n) is 7.32. The first-order chi connectivity index (χ1) is 19.5. The van der Waals surface area contributed by atoms with E-state index in [9.17, 15) is 14.0 Å². The molecule has 8 heteroatoms. The molecule has 0 spiro atoms. The normalized spacial score (nSPS) is 18.7. The van der Waals surface area contributed by atoms with Crippen molar-refractivity contribution < 1.29 is 18.7 Å². The fraction of sp³-hybridized carbons (Fsp3) is 0.156. The average Bonchev–Trinajstić information content (AvgIpc) is 3.51. The lowest BCUT2D eigenvalue weighted by molar-refractivity contribution is -0.120. The zero-order chi connectivity index (χ0) is 27.6. The number of amides is 2. The summed E-state index contributed by atoms with van der Waals surface area (Å²) in [6.07, 6.45) is 1.15. The van der Waals surface area contributed by atoms with Crippen LogP contribution in [0.5, 0.6) is 0 Å². The Kier molecular flexibility index (Phi) is 6.74. The summed E-state index contributed by atoms with van der Waals surface area (Å²) in [5, 5.41) is 8.29. The van der Waals surface area contributed by atoms with E-state index in [0.29, 0.717) is 5.69 Å². The Balaban J connectivity index is 1.31. The number of fused-ring (bicyclic) bond motifs is 1. The summed E-state index contributed by atoms with van der Waals surface area (Å²) >= 11 is 0. The smallest absolute Gasteiger partial charge is 0.407 e. The van der Waals surface area contributed by atoms with E-state index in [1.165, 1.54) is 12.1 Å². The quantitative estimate of drug-likeness (QED) is 0.282. The molecule has 1 N–H and O–H groups in total. The highest BCUT2D eigenvalue weighted by atomic mass is 19.1.